The van der Waals surface area contributed by atoms with Crippen LogP contribution in [0.5, 0.6) is 11.5 Å². The smallest absolute Gasteiger partial charge is 0.340 e. The van der Waals surface area contributed by atoms with E-state index in [1.807, 2.05) is 0 Å². The first-order valence-electron chi connectivity index (χ1n) is 7.19. The molecule has 0 fully saturated rings. The zero-order valence-electron chi connectivity index (χ0n) is 13.8. The maximum atomic E-state index is 13.0. The Morgan fingerprint density at radius 2 is 1.73 bits per heavy atom. The minimum Gasteiger partial charge on any atom is -0.495 e. The third-order valence-electron chi connectivity index (χ3n) is 3.23. The number of carbonyl (C=O) groups is 2. The molecule has 0 unspecified atom stereocenters. The molecule has 138 valence electrons. The highest BCUT2D eigenvalue weighted by molar-refractivity contribution is 6.33. The molecule has 0 bridgehead atoms. The van der Waals surface area contributed by atoms with E-state index in [0.717, 1.165) is 12.1 Å². The molecule has 1 amide bonds. The molecule has 0 spiro atoms. The number of rotatable bonds is 6. The number of hydrogen-bond acceptors (Lipinski definition) is 5. The lowest BCUT2D eigenvalue weighted by atomic mass is 10.2. The van der Waals surface area contributed by atoms with Crippen molar-refractivity contribution in [2.24, 2.45) is 0 Å². The summed E-state index contributed by atoms with van der Waals surface area (Å²) in [6, 6.07) is 6.15. The molecule has 1 N–H and O–H groups in total. The average Bonchev–Trinajstić information content (AvgIpc) is 2.60. The molecule has 0 heterocycles. The number of ether oxygens (including phenoxy) is 3. The Morgan fingerprint density at radius 3 is 2.35 bits per heavy atom. The van der Waals surface area contributed by atoms with Crippen molar-refractivity contribution in [3.63, 3.8) is 0 Å². The van der Waals surface area contributed by atoms with E-state index in [4.69, 9.17) is 37.4 Å². The third-order valence-corrected chi connectivity index (χ3v) is 3.84. The van der Waals surface area contributed by atoms with E-state index in [2.05, 4.69) is 5.32 Å². The van der Waals surface area contributed by atoms with Crippen LogP contribution in [0, 0.1) is 5.82 Å². The quantitative estimate of drug-likeness (QED) is 0.741. The van der Waals surface area contributed by atoms with Gasteiger partial charge in [-0.25, -0.2) is 9.18 Å². The minimum absolute atomic E-state index is 0.0494. The van der Waals surface area contributed by atoms with Crippen molar-refractivity contribution in [2.75, 3.05) is 26.1 Å². The van der Waals surface area contributed by atoms with E-state index in [0.29, 0.717) is 16.5 Å². The molecular formula is C17H14Cl2FNO5. The first-order valence-corrected chi connectivity index (χ1v) is 7.94. The highest BCUT2D eigenvalue weighted by Crippen LogP contribution is 2.35. The van der Waals surface area contributed by atoms with Gasteiger partial charge in [-0.15, -0.1) is 0 Å². The Bertz CT molecular complexity index is 844. The van der Waals surface area contributed by atoms with Crippen LogP contribution in [-0.4, -0.2) is 32.7 Å². The molecule has 0 aliphatic heterocycles. The summed E-state index contributed by atoms with van der Waals surface area (Å²) in [5, 5.41) is 2.71. The Labute approximate surface area is 158 Å². The lowest BCUT2D eigenvalue weighted by Crippen LogP contribution is -2.21. The topological polar surface area (TPSA) is 73.9 Å². The fourth-order valence-electron chi connectivity index (χ4n) is 2.01. The van der Waals surface area contributed by atoms with Crippen LogP contribution < -0.4 is 14.8 Å². The number of benzene rings is 2. The summed E-state index contributed by atoms with van der Waals surface area (Å²) in [4.78, 5) is 24.0. The van der Waals surface area contributed by atoms with Crippen LogP contribution in [-0.2, 0) is 9.53 Å². The fraction of sp³-hybridized carbons (Fsp3) is 0.176. The number of halogens is 3. The highest BCUT2D eigenvalue weighted by atomic mass is 35.5. The Hall–Kier alpha value is -2.51. The molecule has 2 aromatic rings. The van der Waals surface area contributed by atoms with E-state index in [-0.39, 0.29) is 16.3 Å². The normalized spacial score (nSPS) is 10.2. The van der Waals surface area contributed by atoms with Crippen LogP contribution in [0.25, 0.3) is 0 Å². The second kappa shape index (κ2) is 8.73. The van der Waals surface area contributed by atoms with E-state index < -0.39 is 24.3 Å². The van der Waals surface area contributed by atoms with Gasteiger partial charge in [0.1, 0.15) is 17.3 Å². The van der Waals surface area contributed by atoms with Crippen molar-refractivity contribution in [1.29, 1.82) is 0 Å². The summed E-state index contributed by atoms with van der Waals surface area (Å²) in [5.41, 5.74) is 0.237. The minimum atomic E-state index is -0.856. The van der Waals surface area contributed by atoms with Crippen molar-refractivity contribution >= 4 is 40.8 Å². The van der Waals surface area contributed by atoms with E-state index >= 15 is 0 Å². The summed E-state index contributed by atoms with van der Waals surface area (Å²) in [5.74, 6) is -1.44. The predicted octanol–water partition coefficient (Wildman–Crippen LogP) is 3.95. The second-order valence-electron chi connectivity index (χ2n) is 4.94. The first-order chi connectivity index (χ1) is 12.3. The van der Waals surface area contributed by atoms with Crippen molar-refractivity contribution in [3.05, 3.63) is 51.8 Å². The maximum Gasteiger partial charge on any atom is 0.340 e. The largest absolute Gasteiger partial charge is 0.495 e. The van der Waals surface area contributed by atoms with E-state index in [1.54, 1.807) is 0 Å². The van der Waals surface area contributed by atoms with Gasteiger partial charge in [-0.1, -0.05) is 23.2 Å². The van der Waals surface area contributed by atoms with Crippen molar-refractivity contribution in [2.45, 2.75) is 0 Å². The molecule has 2 aromatic carbocycles. The van der Waals surface area contributed by atoms with Gasteiger partial charge in [0, 0.05) is 12.1 Å². The van der Waals surface area contributed by atoms with Gasteiger partial charge in [0.15, 0.2) is 6.61 Å². The Balaban J connectivity index is 2.04. The molecule has 26 heavy (non-hydrogen) atoms. The summed E-state index contributed by atoms with van der Waals surface area (Å²) >= 11 is 11.8. The van der Waals surface area contributed by atoms with Crippen LogP contribution in [0.1, 0.15) is 10.4 Å². The molecule has 0 atom stereocenters. The summed E-state index contributed by atoms with van der Waals surface area (Å²) < 4.78 is 28.1. The number of anilines is 1. The van der Waals surface area contributed by atoms with Crippen LogP contribution in [0.15, 0.2) is 30.3 Å². The standard InChI is InChI=1S/C17H14Cl2FNO5/c1-24-14-7-13(15(25-2)6-12(14)19)21-16(22)8-26-17(23)10-4-3-9(20)5-11(10)18/h3-7H,8H2,1-2H3,(H,21,22). The van der Waals surface area contributed by atoms with Gasteiger partial charge in [0.25, 0.3) is 5.91 Å². The second-order valence-corrected chi connectivity index (χ2v) is 5.75. The molecule has 9 heteroatoms. The molecule has 0 aliphatic carbocycles. The van der Waals surface area contributed by atoms with Gasteiger partial charge in [0.05, 0.1) is 35.5 Å². The number of esters is 1. The summed E-state index contributed by atoms with van der Waals surface area (Å²) in [6.07, 6.45) is 0. The van der Waals surface area contributed by atoms with Gasteiger partial charge >= 0.3 is 5.97 Å². The number of nitrogens with one attached hydrogen (secondary N) is 1. The third kappa shape index (κ3) is 4.77. The van der Waals surface area contributed by atoms with E-state index in [9.17, 15) is 14.0 Å². The monoisotopic (exact) mass is 401 g/mol. The van der Waals surface area contributed by atoms with Gasteiger partial charge in [-0.2, -0.15) is 0 Å². The maximum absolute atomic E-state index is 13.0. The SMILES string of the molecule is COc1cc(NC(=O)COC(=O)c2ccc(F)cc2Cl)c(OC)cc1Cl. The number of hydrogen-bond donors (Lipinski definition) is 1. The molecule has 2 rings (SSSR count). The number of carbonyl (C=O) groups excluding carboxylic acids is 2. The Morgan fingerprint density at radius 1 is 1.04 bits per heavy atom. The van der Waals surface area contributed by atoms with Gasteiger partial charge in [0.2, 0.25) is 0 Å². The van der Waals surface area contributed by atoms with Crippen molar-refractivity contribution in [3.8, 4) is 11.5 Å². The number of amides is 1. The zero-order chi connectivity index (χ0) is 19.3. The van der Waals surface area contributed by atoms with Crippen molar-refractivity contribution < 1.29 is 28.2 Å². The van der Waals surface area contributed by atoms with Crippen LogP contribution >= 0.6 is 23.2 Å². The lowest BCUT2D eigenvalue weighted by Gasteiger charge is -2.13. The molecule has 6 nitrogen and oxygen atoms in total. The van der Waals surface area contributed by atoms with E-state index in [1.165, 1.54) is 32.4 Å². The van der Waals surface area contributed by atoms with Gasteiger partial charge in [-0.05, 0) is 18.2 Å². The molecule has 0 aliphatic rings. The van der Waals surface area contributed by atoms with Crippen LogP contribution in [0.2, 0.25) is 10.0 Å². The Kier molecular flexibility index (Phi) is 6.65. The van der Waals surface area contributed by atoms with Crippen LogP contribution in [0.4, 0.5) is 10.1 Å². The van der Waals surface area contributed by atoms with Crippen LogP contribution in [0.3, 0.4) is 0 Å². The molecule has 0 saturated heterocycles. The summed E-state index contributed by atoms with van der Waals surface area (Å²) in [6.45, 7) is -0.583. The summed E-state index contributed by atoms with van der Waals surface area (Å²) in [7, 11) is 2.83. The fourth-order valence-corrected chi connectivity index (χ4v) is 2.48. The van der Waals surface area contributed by atoms with Crippen molar-refractivity contribution in [1.82, 2.24) is 0 Å². The number of methoxy groups -OCH3 is 2. The lowest BCUT2D eigenvalue weighted by molar-refractivity contribution is -0.119. The average molecular weight is 402 g/mol. The molecular weight excluding hydrogens is 388 g/mol. The molecule has 0 saturated carbocycles. The van der Waals surface area contributed by atoms with Gasteiger partial charge < -0.3 is 19.5 Å². The van der Waals surface area contributed by atoms with Gasteiger partial charge in [-0.3, -0.25) is 4.79 Å². The molecule has 0 radical (unpaired) electrons. The highest BCUT2D eigenvalue weighted by Gasteiger charge is 2.16. The zero-order valence-corrected chi connectivity index (χ0v) is 15.3. The predicted molar refractivity (Wildman–Crippen MR) is 94.9 cm³/mol. The first kappa shape index (κ1) is 19.8. The molecule has 0 aromatic heterocycles.